The highest BCUT2D eigenvalue weighted by Gasteiger charge is 2.24. The van der Waals surface area contributed by atoms with Crippen LogP contribution in [-0.4, -0.2) is 47.8 Å². The number of rotatable bonds is 4. The third-order valence-corrected chi connectivity index (χ3v) is 4.66. The SMILES string of the molecule is CCN(CC(=O)N1CCCCCC1)C(=O)c1cc2cccc(F)c2o1. The Bertz CT molecular complexity index is 763. The number of halogens is 1. The van der Waals surface area contributed by atoms with E-state index in [9.17, 15) is 14.0 Å². The highest BCUT2D eigenvalue weighted by Crippen LogP contribution is 2.23. The summed E-state index contributed by atoms with van der Waals surface area (Å²) in [5.41, 5.74) is 0.0701. The molecule has 0 unspecified atom stereocenters. The molecule has 3 rings (SSSR count). The van der Waals surface area contributed by atoms with Crippen LogP contribution in [0.4, 0.5) is 4.39 Å². The van der Waals surface area contributed by atoms with E-state index < -0.39 is 5.82 Å². The van der Waals surface area contributed by atoms with Gasteiger partial charge < -0.3 is 14.2 Å². The average molecular weight is 346 g/mol. The van der Waals surface area contributed by atoms with Crippen molar-refractivity contribution in [2.24, 2.45) is 0 Å². The summed E-state index contributed by atoms with van der Waals surface area (Å²) < 4.78 is 19.2. The topological polar surface area (TPSA) is 53.8 Å². The van der Waals surface area contributed by atoms with E-state index in [1.165, 1.54) is 17.0 Å². The molecule has 0 atom stereocenters. The molecule has 5 nitrogen and oxygen atoms in total. The fourth-order valence-corrected chi connectivity index (χ4v) is 3.20. The predicted octanol–water partition coefficient (Wildman–Crippen LogP) is 3.44. The van der Waals surface area contributed by atoms with Crippen LogP contribution in [0.15, 0.2) is 28.7 Å². The number of fused-ring (bicyclic) bond motifs is 1. The number of furan rings is 1. The summed E-state index contributed by atoms with van der Waals surface area (Å²) in [4.78, 5) is 28.5. The van der Waals surface area contributed by atoms with E-state index in [1.54, 1.807) is 12.1 Å². The molecular weight excluding hydrogens is 323 g/mol. The van der Waals surface area contributed by atoms with Crippen LogP contribution in [0.1, 0.15) is 43.2 Å². The summed E-state index contributed by atoms with van der Waals surface area (Å²) in [6.07, 6.45) is 4.30. The molecule has 0 bridgehead atoms. The molecule has 134 valence electrons. The maximum absolute atomic E-state index is 13.8. The molecule has 1 aromatic heterocycles. The Balaban J connectivity index is 1.73. The Morgan fingerprint density at radius 2 is 1.92 bits per heavy atom. The number of hydrogen-bond acceptors (Lipinski definition) is 3. The number of benzene rings is 1. The number of amides is 2. The van der Waals surface area contributed by atoms with Crippen molar-refractivity contribution < 1.29 is 18.4 Å². The lowest BCUT2D eigenvalue weighted by atomic mass is 10.2. The molecule has 2 heterocycles. The summed E-state index contributed by atoms with van der Waals surface area (Å²) >= 11 is 0. The molecule has 25 heavy (non-hydrogen) atoms. The van der Waals surface area contributed by atoms with Gasteiger partial charge in [-0.25, -0.2) is 4.39 Å². The van der Waals surface area contributed by atoms with Gasteiger partial charge in [0.2, 0.25) is 5.91 Å². The monoisotopic (exact) mass is 346 g/mol. The fourth-order valence-electron chi connectivity index (χ4n) is 3.20. The number of carbonyl (C=O) groups excluding carboxylic acids is 2. The molecule has 1 aliphatic heterocycles. The molecule has 0 saturated carbocycles. The van der Waals surface area contributed by atoms with E-state index in [-0.39, 0.29) is 29.7 Å². The lowest BCUT2D eigenvalue weighted by Crippen LogP contribution is -2.43. The highest BCUT2D eigenvalue weighted by molar-refractivity contribution is 5.97. The molecule has 0 spiro atoms. The average Bonchev–Trinajstić information content (AvgIpc) is 2.87. The maximum atomic E-state index is 13.8. The van der Waals surface area contributed by atoms with E-state index in [4.69, 9.17) is 4.42 Å². The van der Waals surface area contributed by atoms with Crippen molar-refractivity contribution in [3.05, 3.63) is 35.8 Å². The first kappa shape index (κ1) is 17.5. The molecule has 0 radical (unpaired) electrons. The molecule has 1 fully saturated rings. The molecular formula is C19H23FN2O3. The molecule has 6 heteroatoms. The Labute approximate surface area is 146 Å². The van der Waals surface area contributed by atoms with E-state index in [2.05, 4.69) is 0 Å². The zero-order valence-corrected chi connectivity index (χ0v) is 14.5. The first-order chi connectivity index (χ1) is 12.1. The summed E-state index contributed by atoms with van der Waals surface area (Å²) in [6.45, 7) is 3.73. The van der Waals surface area contributed by atoms with Crippen molar-refractivity contribution in [3.63, 3.8) is 0 Å². The second-order valence-corrected chi connectivity index (χ2v) is 6.38. The van der Waals surface area contributed by atoms with Crippen LogP contribution in [-0.2, 0) is 4.79 Å². The van der Waals surface area contributed by atoms with Gasteiger partial charge in [0.15, 0.2) is 17.2 Å². The van der Waals surface area contributed by atoms with E-state index in [1.807, 2.05) is 11.8 Å². The molecule has 1 saturated heterocycles. The smallest absolute Gasteiger partial charge is 0.290 e. The third-order valence-electron chi connectivity index (χ3n) is 4.66. The van der Waals surface area contributed by atoms with Crippen LogP contribution >= 0.6 is 0 Å². The molecule has 2 aromatic rings. The number of para-hydroxylation sites is 1. The van der Waals surface area contributed by atoms with Gasteiger partial charge in [0.1, 0.15) is 6.54 Å². The zero-order valence-electron chi connectivity index (χ0n) is 14.5. The minimum absolute atomic E-state index is 0.0227. The number of likely N-dealkylation sites (tertiary alicyclic amines) is 1. The van der Waals surface area contributed by atoms with Crippen molar-refractivity contribution in [3.8, 4) is 0 Å². The Hall–Kier alpha value is -2.37. The Morgan fingerprint density at radius 1 is 1.20 bits per heavy atom. The Kier molecular flexibility index (Phi) is 5.36. The fraction of sp³-hybridized carbons (Fsp3) is 0.474. The van der Waals surface area contributed by atoms with E-state index in [0.717, 1.165) is 38.8 Å². The first-order valence-electron chi connectivity index (χ1n) is 8.85. The minimum Gasteiger partial charge on any atom is -0.448 e. The summed E-state index contributed by atoms with van der Waals surface area (Å²) in [6, 6.07) is 6.08. The number of likely N-dealkylation sites (N-methyl/N-ethyl adjacent to an activating group) is 1. The van der Waals surface area contributed by atoms with Gasteiger partial charge in [0.25, 0.3) is 5.91 Å². The lowest BCUT2D eigenvalue weighted by Gasteiger charge is -2.25. The Morgan fingerprint density at radius 3 is 2.56 bits per heavy atom. The largest absolute Gasteiger partial charge is 0.448 e. The van der Waals surface area contributed by atoms with Crippen LogP contribution in [0, 0.1) is 5.82 Å². The van der Waals surface area contributed by atoms with Crippen LogP contribution in [0.5, 0.6) is 0 Å². The predicted molar refractivity (Wildman–Crippen MR) is 92.8 cm³/mol. The molecule has 0 N–H and O–H groups in total. The normalized spacial score (nSPS) is 15.2. The second kappa shape index (κ2) is 7.68. The molecule has 1 aliphatic rings. The highest BCUT2D eigenvalue weighted by atomic mass is 19.1. The summed E-state index contributed by atoms with van der Waals surface area (Å²) in [7, 11) is 0. The maximum Gasteiger partial charge on any atom is 0.290 e. The van der Waals surface area contributed by atoms with Gasteiger partial charge in [0.05, 0.1) is 0 Å². The molecule has 0 aliphatic carbocycles. The minimum atomic E-state index is -0.500. The summed E-state index contributed by atoms with van der Waals surface area (Å²) in [5.74, 6) is -0.869. The molecule has 2 amide bonds. The van der Waals surface area contributed by atoms with Crippen molar-refractivity contribution >= 4 is 22.8 Å². The van der Waals surface area contributed by atoms with Gasteiger partial charge >= 0.3 is 0 Å². The standard InChI is InChI=1S/C19H23FN2O3/c1-2-21(13-17(23)22-10-5-3-4-6-11-22)19(24)16-12-14-8-7-9-15(20)18(14)25-16/h7-9,12H,2-6,10-11,13H2,1H3. The van der Waals surface area contributed by atoms with Crippen molar-refractivity contribution in [1.29, 1.82) is 0 Å². The van der Waals surface area contributed by atoms with E-state index in [0.29, 0.717) is 11.9 Å². The van der Waals surface area contributed by atoms with Crippen LogP contribution in [0.3, 0.4) is 0 Å². The van der Waals surface area contributed by atoms with Crippen molar-refractivity contribution in [2.75, 3.05) is 26.2 Å². The van der Waals surface area contributed by atoms with Gasteiger partial charge in [-0.1, -0.05) is 25.0 Å². The van der Waals surface area contributed by atoms with E-state index >= 15 is 0 Å². The zero-order chi connectivity index (χ0) is 17.8. The van der Waals surface area contributed by atoms with Crippen LogP contribution in [0.2, 0.25) is 0 Å². The van der Waals surface area contributed by atoms with Gasteiger partial charge in [0, 0.05) is 25.0 Å². The molecule has 1 aromatic carbocycles. The van der Waals surface area contributed by atoms with Gasteiger partial charge in [-0.3, -0.25) is 9.59 Å². The quantitative estimate of drug-likeness (QED) is 0.852. The van der Waals surface area contributed by atoms with Crippen molar-refractivity contribution in [2.45, 2.75) is 32.6 Å². The van der Waals surface area contributed by atoms with Gasteiger partial charge in [-0.05, 0) is 31.9 Å². The summed E-state index contributed by atoms with van der Waals surface area (Å²) in [5, 5.41) is 0.540. The van der Waals surface area contributed by atoms with Crippen molar-refractivity contribution in [1.82, 2.24) is 9.80 Å². The number of nitrogens with zero attached hydrogens (tertiary/aromatic N) is 2. The number of carbonyl (C=O) groups is 2. The lowest BCUT2D eigenvalue weighted by molar-refractivity contribution is -0.131. The van der Waals surface area contributed by atoms with Crippen LogP contribution in [0.25, 0.3) is 11.0 Å². The second-order valence-electron chi connectivity index (χ2n) is 6.38. The third kappa shape index (κ3) is 3.83. The number of hydrogen-bond donors (Lipinski definition) is 0. The first-order valence-corrected chi connectivity index (χ1v) is 8.85. The van der Waals surface area contributed by atoms with Crippen LogP contribution < -0.4 is 0 Å². The van der Waals surface area contributed by atoms with Gasteiger partial charge in [-0.15, -0.1) is 0 Å². The van der Waals surface area contributed by atoms with Gasteiger partial charge in [-0.2, -0.15) is 0 Å².